The molecule has 5 rings (SSSR count). The molecule has 0 spiro atoms. The van der Waals surface area contributed by atoms with Gasteiger partial charge >= 0.3 is 0 Å². The van der Waals surface area contributed by atoms with Crippen LogP contribution >= 0.6 is 0 Å². The summed E-state index contributed by atoms with van der Waals surface area (Å²) >= 11 is 0. The number of fused-ring (bicyclic) bond motifs is 1. The van der Waals surface area contributed by atoms with Gasteiger partial charge in [-0.05, 0) is 68.7 Å². The van der Waals surface area contributed by atoms with Gasteiger partial charge in [0.25, 0.3) is 11.8 Å². The topological polar surface area (TPSA) is 62.7 Å². The number of para-hydroxylation sites is 1. The minimum absolute atomic E-state index is 0.0103. The summed E-state index contributed by atoms with van der Waals surface area (Å²) in [6, 6.07) is 13.4. The summed E-state index contributed by atoms with van der Waals surface area (Å²) in [7, 11) is 0. The third-order valence-electron chi connectivity index (χ3n) is 8.21. The summed E-state index contributed by atoms with van der Waals surface area (Å²) in [5.41, 5.74) is 2.63. The van der Waals surface area contributed by atoms with Crippen LogP contribution in [-0.2, 0) is 4.79 Å². The van der Waals surface area contributed by atoms with Crippen LogP contribution in [0.15, 0.2) is 42.5 Å². The van der Waals surface area contributed by atoms with Crippen LogP contribution in [0.3, 0.4) is 0 Å². The van der Waals surface area contributed by atoms with E-state index in [9.17, 15) is 9.59 Å². The van der Waals surface area contributed by atoms with Crippen molar-refractivity contribution in [3.63, 3.8) is 0 Å². The number of pyridine rings is 1. The lowest BCUT2D eigenvalue weighted by Crippen LogP contribution is -2.45. The van der Waals surface area contributed by atoms with Gasteiger partial charge in [0.2, 0.25) is 0 Å². The fourth-order valence-corrected chi connectivity index (χ4v) is 6.18. The van der Waals surface area contributed by atoms with Crippen LogP contribution in [-0.4, -0.2) is 59.4 Å². The number of benzene rings is 1. The van der Waals surface area contributed by atoms with Crippen molar-refractivity contribution < 1.29 is 14.3 Å². The summed E-state index contributed by atoms with van der Waals surface area (Å²) < 4.78 is 5.65. The molecular formula is C29H37N3O3. The van der Waals surface area contributed by atoms with Gasteiger partial charge < -0.3 is 14.5 Å². The van der Waals surface area contributed by atoms with Crippen molar-refractivity contribution in [2.75, 3.05) is 32.8 Å². The van der Waals surface area contributed by atoms with Crippen molar-refractivity contribution in [2.45, 2.75) is 57.8 Å². The van der Waals surface area contributed by atoms with E-state index in [4.69, 9.17) is 9.72 Å². The van der Waals surface area contributed by atoms with Gasteiger partial charge in [-0.25, -0.2) is 0 Å². The van der Waals surface area contributed by atoms with E-state index in [1.807, 2.05) is 54.3 Å². The highest BCUT2D eigenvalue weighted by Gasteiger charge is 2.35. The van der Waals surface area contributed by atoms with Crippen LogP contribution in [0.2, 0.25) is 0 Å². The monoisotopic (exact) mass is 475 g/mol. The Morgan fingerprint density at radius 2 is 1.60 bits per heavy atom. The van der Waals surface area contributed by atoms with E-state index in [2.05, 4.69) is 4.90 Å². The number of hydrogen-bond acceptors (Lipinski definition) is 4. The Bertz CT molecular complexity index is 1030. The van der Waals surface area contributed by atoms with Crippen molar-refractivity contribution in [1.29, 1.82) is 0 Å². The molecule has 1 saturated carbocycles. The molecule has 1 aromatic heterocycles. The van der Waals surface area contributed by atoms with E-state index in [-0.39, 0.29) is 24.3 Å². The predicted molar refractivity (Wildman–Crippen MR) is 135 cm³/mol. The Hall–Kier alpha value is -2.89. The number of carbonyl (C=O) groups excluding carboxylic acids is 2. The van der Waals surface area contributed by atoms with Gasteiger partial charge in [0.15, 0.2) is 6.61 Å². The van der Waals surface area contributed by atoms with Crippen LogP contribution in [0.5, 0.6) is 5.75 Å². The SMILES string of the molecule is Cc1ccc(C(=O)N2CCC3CCCCC3C2)c(C2CCN(C(=O)COc3ccccc3)CC2)n1. The molecular weight excluding hydrogens is 438 g/mol. The van der Waals surface area contributed by atoms with Crippen LogP contribution in [0, 0.1) is 18.8 Å². The Labute approximate surface area is 208 Å². The smallest absolute Gasteiger partial charge is 0.260 e. The highest BCUT2D eigenvalue weighted by Crippen LogP contribution is 2.37. The van der Waals surface area contributed by atoms with E-state index in [0.717, 1.165) is 55.2 Å². The number of carbonyl (C=O) groups is 2. The van der Waals surface area contributed by atoms with Gasteiger partial charge in [0, 0.05) is 37.8 Å². The number of amides is 2. The number of rotatable bonds is 5. The molecule has 0 radical (unpaired) electrons. The van der Waals surface area contributed by atoms with Gasteiger partial charge in [-0.3, -0.25) is 14.6 Å². The van der Waals surface area contributed by atoms with Crippen LogP contribution < -0.4 is 4.74 Å². The molecule has 2 unspecified atom stereocenters. The summed E-state index contributed by atoms with van der Waals surface area (Å²) in [6.07, 6.45) is 8.01. The maximum Gasteiger partial charge on any atom is 0.260 e. The quantitative estimate of drug-likeness (QED) is 0.622. The first-order chi connectivity index (χ1) is 17.1. The summed E-state index contributed by atoms with van der Waals surface area (Å²) in [4.78, 5) is 35.2. The first-order valence-electron chi connectivity index (χ1n) is 13.3. The van der Waals surface area contributed by atoms with Crippen LogP contribution in [0.4, 0.5) is 0 Å². The summed E-state index contributed by atoms with van der Waals surface area (Å²) in [5, 5.41) is 0. The number of aromatic nitrogens is 1. The average molecular weight is 476 g/mol. The lowest BCUT2D eigenvalue weighted by Gasteiger charge is -2.41. The van der Waals surface area contributed by atoms with Crippen LogP contribution in [0.1, 0.15) is 72.6 Å². The van der Waals surface area contributed by atoms with E-state index >= 15 is 0 Å². The molecule has 186 valence electrons. The maximum atomic E-state index is 13.6. The number of ether oxygens (including phenoxy) is 1. The molecule has 1 aromatic carbocycles. The van der Waals surface area contributed by atoms with Gasteiger partial charge in [-0.15, -0.1) is 0 Å². The highest BCUT2D eigenvalue weighted by molar-refractivity contribution is 5.95. The highest BCUT2D eigenvalue weighted by atomic mass is 16.5. The molecule has 0 bridgehead atoms. The Kier molecular flexibility index (Phi) is 7.35. The molecule has 2 atom stereocenters. The number of aryl methyl sites for hydroxylation is 1. The second kappa shape index (κ2) is 10.8. The van der Waals surface area contributed by atoms with Crippen LogP contribution in [0.25, 0.3) is 0 Å². The molecule has 2 aromatic rings. The fourth-order valence-electron chi connectivity index (χ4n) is 6.18. The largest absolute Gasteiger partial charge is 0.484 e. The third-order valence-corrected chi connectivity index (χ3v) is 8.21. The van der Waals surface area contributed by atoms with Gasteiger partial charge in [0.1, 0.15) is 5.75 Å². The lowest BCUT2D eigenvalue weighted by atomic mass is 9.75. The minimum Gasteiger partial charge on any atom is -0.484 e. The van der Waals surface area contributed by atoms with Gasteiger partial charge in [0.05, 0.1) is 11.3 Å². The van der Waals surface area contributed by atoms with E-state index < -0.39 is 0 Å². The van der Waals surface area contributed by atoms with Crippen molar-refractivity contribution in [1.82, 2.24) is 14.8 Å². The molecule has 2 aliphatic heterocycles. The Morgan fingerprint density at radius 1 is 0.886 bits per heavy atom. The third kappa shape index (κ3) is 5.52. The number of likely N-dealkylation sites (tertiary alicyclic amines) is 2. The van der Waals surface area contributed by atoms with Gasteiger partial charge in [-0.2, -0.15) is 0 Å². The first kappa shape index (κ1) is 23.8. The second-order valence-electron chi connectivity index (χ2n) is 10.5. The standard InChI is InChI=1S/C29H37N3O3/c1-21-11-12-26(29(34)32-18-13-22-7-5-6-8-24(22)19-32)28(30-21)23-14-16-31(17-15-23)27(33)20-35-25-9-3-2-4-10-25/h2-4,9-12,22-24H,5-8,13-20H2,1H3. The molecule has 6 nitrogen and oxygen atoms in total. The summed E-state index contributed by atoms with van der Waals surface area (Å²) in [5.74, 6) is 2.52. The second-order valence-corrected chi connectivity index (χ2v) is 10.5. The molecule has 3 fully saturated rings. The Balaban J connectivity index is 1.22. The fraction of sp³-hybridized carbons (Fsp3) is 0.552. The normalized spacial score (nSPS) is 23.0. The van der Waals surface area contributed by atoms with Crippen molar-refractivity contribution in [2.24, 2.45) is 11.8 Å². The molecule has 35 heavy (non-hydrogen) atoms. The predicted octanol–water partition coefficient (Wildman–Crippen LogP) is 4.83. The van der Waals surface area contributed by atoms with Crippen molar-refractivity contribution in [3.8, 4) is 5.75 Å². The van der Waals surface area contributed by atoms with E-state index in [1.165, 1.54) is 25.7 Å². The minimum atomic E-state index is 0.0103. The van der Waals surface area contributed by atoms with E-state index in [0.29, 0.717) is 24.8 Å². The van der Waals surface area contributed by atoms with Crippen molar-refractivity contribution >= 4 is 11.8 Å². The van der Waals surface area contributed by atoms with Crippen molar-refractivity contribution in [3.05, 3.63) is 59.4 Å². The zero-order chi connectivity index (χ0) is 24.2. The molecule has 0 N–H and O–H groups in total. The Morgan fingerprint density at radius 3 is 2.37 bits per heavy atom. The molecule has 2 amide bonds. The molecule has 3 heterocycles. The molecule has 1 aliphatic carbocycles. The first-order valence-corrected chi connectivity index (χ1v) is 13.3. The zero-order valence-corrected chi connectivity index (χ0v) is 20.8. The molecule has 6 heteroatoms. The average Bonchev–Trinajstić information content (AvgIpc) is 2.91. The molecule has 2 saturated heterocycles. The maximum absolute atomic E-state index is 13.6. The number of piperidine rings is 2. The van der Waals surface area contributed by atoms with Gasteiger partial charge in [-0.1, -0.05) is 37.5 Å². The number of hydrogen-bond donors (Lipinski definition) is 0. The lowest BCUT2D eigenvalue weighted by molar-refractivity contribution is -0.134. The summed E-state index contributed by atoms with van der Waals surface area (Å²) in [6.45, 7) is 5.13. The number of nitrogens with zero attached hydrogens (tertiary/aromatic N) is 3. The molecule has 3 aliphatic rings. The van der Waals surface area contributed by atoms with E-state index in [1.54, 1.807) is 0 Å². The zero-order valence-electron chi connectivity index (χ0n) is 20.8.